The summed E-state index contributed by atoms with van der Waals surface area (Å²) >= 11 is 0. The number of ether oxygens (including phenoxy) is 2. The van der Waals surface area contributed by atoms with Crippen molar-refractivity contribution < 1.29 is 18.7 Å². The molecule has 0 spiro atoms. The van der Waals surface area contributed by atoms with E-state index in [0.29, 0.717) is 34.8 Å². The maximum absolute atomic E-state index is 13.8. The Morgan fingerprint density at radius 3 is 2.74 bits per heavy atom. The van der Waals surface area contributed by atoms with Crippen molar-refractivity contribution in [3.63, 3.8) is 0 Å². The van der Waals surface area contributed by atoms with E-state index < -0.39 is 0 Å². The summed E-state index contributed by atoms with van der Waals surface area (Å²) in [6, 6.07) is 13.8. The average Bonchev–Trinajstić information content (AvgIpc) is 3.63. The average molecular weight is 516 g/mol. The zero-order valence-electron chi connectivity index (χ0n) is 21.2. The van der Waals surface area contributed by atoms with Crippen LogP contribution in [0.1, 0.15) is 41.6 Å². The minimum atomic E-state index is -0.382. The van der Waals surface area contributed by atoms with Crippen molar-refractivity contribution in [3.05, 3.63) is 71.7 Å². The lowest BCUT2D eigenvalue weighted by atomic mass is 10.0. The summed E-state index contributed by atoms with van der Waals surface area (Å²) in [5.41, 5.74) is 3.85. The van der Waals surface area contributed by atoms with Gasteiger partial charge in [0.25, 0.3) is 5.91 Å². The smallest absolute Gasteiger partial charge is 0.251 e. The molecular formula is C29H30FN5O3. The molecule has 8 nitrogen and oxygen atoms in total. The molecule has 2 fully saturated rings. The third kappa shape index (κ3) is 5.33. The first kappa shape index (κ1) is 24.4. The fourth-order valence-electron chi connectivity index (χ4n) is 4.75. The van der Waals surface area contributed by atoms with Crippen molar-refractivity contribution in [2.75, 3.05) is 25.1 Å². The molecule has 2 aromatic heterocycles. The molecule has 2 N–H and O–H groups in total. The number of carbonyl (C=O) groups is 1. The summed E-state index contributed by atoms with van der Waals surface area (Å²) in [4.78, 5) is 17.4. The first-order valence-corrected chi connectivity index (χ1v) is 13.1. The summed E-state index contributed by atoms with van der Waals surface area (Å²) in [5.74, 6) is 1.49. The van der Waals surface area contributed by atoms with Crippen LogP contribution in [0.4, 0.5) is 10.2 Å². The van der Waals surface area contributed by atoms with Crippen LogP contribution in [-0.2, 0) is 4.74 Å². The second-order valence-corrected chi connectivity index (χ2v) is 10.0. The molecule has 4 aromatic rings. The van der Waals surface area contributed by atoms with Gasteiger partial charge in [0.05, 0.1) is 6.20 Å². The van der Waals surface area contributed by atoms with Crippen molar-refractivity contribution in [2.24, 2.45) is 5.92 Å². The number of fused-ring (bicyclic) bond motifs is 1. The van der Waals surface area contributed by atoms with Crippen LogP contribution < -0.4 is 15.4 Å². The zero-order valence-corrected chi connectivity index (χ0v) is 21.2. The van der Waals surface area contributed by atoms with Crippen LogP contribution in [0.2, 0.25) is 0 Å². The molecular weight excluding hydrogens is 485 g/mol. The number of aryl methyl sites for hydroxylation is 1. The van der Waals surface area contributed by atoms with Gasteiger partial charge in [0.15, 0.2) is 5.65 Å². The number of benzene rings is 2. The predicted octanol–water partition coefficient (Wildman–Crippen LogP) is 5.37. The van der Waals surface area contributed by atoms with E-state index in [-0.39, 0.29) is 11.7 Å². The van der Waals surface area contributed by atoms with Gasteiger partial charge in [-0.25, -0.2) is 4.39 Å². The van der Waals surface area contributed by atoms with Gasteiger partial charge in [0.2, 0.25) is 5.88 Å². The molecule has 0 atom stereocenters. The first-order valence-electron chi connectivity index (χ1n) is 13.1. The quantitative estimate of drug-likeness (QED) is 0.328. The number of rotatable bonds is 8. The van der Waals surface area contributed by atoms with Crippen LogP contribution in [0.3, 0.4) is 0 Å². The Balaban J connectivity index is 1.35. The molecule has 1 aliphatic heterocycles. The lowest BCUT2D eigenvalue weighted by Crippen LogP contribution is -2.26. The van der Waals surface area contributed by atoms with E-state index in [9.17, 15) is 9.18 Å². The summed E-state index contributed by atoms with van der Waals surface area (Å²) < 4.78 is 27.0. The molecule has 1 saturated heterocycles. The van der Waals surface area contributed by atoms with E-state index in [1.165, 1.54) is 12.1 Å². The topological polar surface area (TPSA) is 89.8 Å². The number of amides is 1. The number of anilines is 1. The van der Waals surface area contributed by atoms with Crippen LogP contribution in [0.15, 0.2) is 54.7 Å². The SMILES string of the molecule is Cc1cc(-c2cnn3c(NCC4CCOCC4)cc(Oc4cccc(F)c4)nc23)ccc1C(=O)NC1CC1. The highest BCUT2D eigenvalue weighted by Gasteiger charge is 2.25. The van der Waals surface area contributed by atoms with E-state index in [2.05, 4.69) is 15.7 Å². The molecule has 9 heteroatoms. The Morgan fingerprint density at radius 1 is 1.13 bits per heavy atom. The molecule has 196 valence electrons. The standard InChI is InChI=1S/C29H30FN5O3/c1-18-13-20(5-8-24(18)29(36)33-22-6-7-22)25-17-32-35-26(31-16-19-9-11-37-12-10-19)15-27(34-28(25)35)38-23-4-2-3-21(30)14-23/h2-5,8,13-15,17,19,22,31H,6-7,9-12,16H2,1H3,(H,33,36). The molecule has 1 saturated carbocycles. The minimum Gasteiger partial charge on any atom is -0.439 e. The summed E-state index contributed by atoms with van der Waals surface area (Å²) in [5, 5.41) is 11.2. The van der Waals surface area contributed by atoms with E-state index in [1.54, 1.807) is 28.9 Å². The van der Waals surface area contributed by atoms with Crippen LogP contribution in [0, 0.1) is 18.7 Å². The summed E-state index contributed by atoms with van der Waals surface area (Å²) in [6.45, 7) is 4.24. The Morgan fingerprint density at radius 2 is 1.97 bits per heavy atom. The van der Waals surface area contributed by atoms with Crippen molar-refractivity contribution in [2.45, 2.75) is 38.6 Å². The van der Waals surface area contributed by atoms with E-state index >= 15 is 0 Å². The van der Waals surface area contributed by atoms with E-state index in [0.717, 1.165) is 68.0 Å². The van der Waals surface area contributed by atoms with E-state index in [4.69, 9.17) is 14.5 Å². The summed E-state index contributed by atoms with van der Waals surface area (Å²) in [6.07, 6.45) is 5.85. The molecule has 0 unspecified atom stereocenters. The third-order valence-electron chi connectivity index (χ3n) is 7.07. The highest BCUT2D eigenvalue weighted by Crippen LogP contribution is 2.31. The number of halogens is 1. The van der Waals surface area contributed by atoms with Crippen LogP contribution in [0.25, 0.3) is 16.8 Å². The lowest BCUT2D eigenvalue weighted by Gasteiger charge is -2.22. The highest BCUT2D eigenvalue weighted by molar-refractivity contribution is 5.97. The second-order valence-electron chi connectivity index (χ2n) is 10.0. The molecule has 1 aliphatic carbocycles. The molecule has 2 aliphatic rings. The molecule has 3 heterocycles. The molecule has 0 bridgehead atoms. The Bertz CT molecular complexity index is 1480. The molecule has 38 heavy (non-hydrogen) atoms. The van der Waals surface area contributed by atoms with Gasteiger partial charge < -0.3 is 20.1 Å². The van der Waals surface area contributed by atoms with Crippen LogP contribution in [0.5, 0.6) is 11.6 Å². The van der Waals surface area contributed by atoms with Gasteiger partial charge in [-0.15, -0.1) is 0 Å². The number of carbonyl (C=O) groups excluding carboxylic acids is 1. The van der Waals surface area contributed by atoms with Crippen molar-refractivity contribution in [1.82, 2.24) is 19.9 Å². The number of nitrogens with zero attached hydrogens (tertiary/aromatic N) is 3. The monoisotopic (exact) mass is 515 g/mol. The van der Waals surface area contributed by atoms with Crippen molar-refractivity contribution in [3.8, 4) is 22.8 Å². The van der Waals surface area contributed by atoms with Gasteiger partial charge in [-0.3, -0.25) is 4.79 Å². The number of aromatic nitrogens is 3. The third-order valence-corrected chi connectivity index (χ3v) is 7.07. The Labute approximate surface area is 220 Å². The van der Waals surface area contributed by atoms with Crippen molar-refractivity contribution in [1.29, 1.82) is 0 Å². The Kier molecular flexibility index (Phi) is 6.68. The van der Waals surface area contributed by atoms with Gasteiger partial charge in [-0.1, -0.05) is 18.2 Å². The molecule has 2 aromatic carbocycles. The van der Waals surface area contributed by atoms with Gasteiger partial charge in [0.1, 0.15) is 17.4 Å². The normalized spacial score (nSPS) is 15.9. The van der Waals surface area contributed by atoms with E-state index in [1.807, 2.05) is 25.1 Å². The zero-order chi connectivity index (χ0) is 26.1. The van der Waals surface area contributed by atoms with Gasteiger partial charge in [-0.2, -0.15) is 14.6 Å². The second kappa shape index (κ2) is 10.4. The number of nitrogens with one attached hydrogen (secondary N) is 2. The van der Waals surface area contributed by atoms with Crippen LogP contribution >= 0.6 is 0 Å². The lowest BCUT2D eigenvalue weighted by molar-refractivity contribution is 0.0699. The maximum atomic E-state index is 13.8. The van der Waals surface area contributed by atoms with Crippen LogP contribution in [-0.4, -0.2) is 46.3 Å². The molecule has 0 radical (unpaired) electrons. The maximum Gasteiger partial charge on any atom is 0.251 e. The summed E-state index contributed by atoms with van der Waals surface area (Å²) in [7, 11) is 0. The Hall–Kier alpha value is -3.98. The first-order chi connectivity index (χ1) is 18.5. The number of hydrogen-bond acceptors (Lipinski definition) is 6. The molecule has 6 rings (SSSR count). The van der Waals surface area contributed by atoms with Gasteiger partial charge in [-0.05, 0) is 67.9 Å². The fourth-order valence-corrected chi connectivity index (χ4v) is 4.75. The molecule has 1 amide bonds. The largest absolute Gasteiger partial charge is 0.439 e. The fraction of sp³-hybridized carbons (Fsp3) is 0.345. The van der Waals surface area contributed by atoms with Gasteiger partial charge >= 0.3 is 0 Å². The van der Waals surface area contributed by atoms with Crippen molar-refractivity contribution >= 4 is 17.4 Å². The minimum absolute atomic E-state index is 0.0417. The predicted molar refractivity (Wildman–Crippen MR) is 142 cm³/mol. The highest BCUT2D eigenvalue weighted by atomic mass is 19.1. The number of hydrogen-bond donors (Lipinski definition) is 2. The van der Waals surface area contributed by atoms with Gasteiger partial charge in [0, 0.05) is 49.1 Å².